The maximum atomic E-state index is 12.2. The molecule has 0 spiro atoms. The summed E-state index contributed by atoms with van der Waals surface area (Å²) in [6, 6.07) is 2.51. The number of carboxylic acids is 1. The molecule has 7 heteroatoms. The third-order valence-corrected chi connectivity index (χ3v) is 4.97. The molecule has 100 valence electrons. The lowest BCUT2D eigenvalue weighted by Crippen LogP contribution is -2.27. The molecular weight excluding hydrogens is 278 g/mol. The standard InChI is InChI=1S/C11H14ClNO4S/c1-4-13(3)18(16,17)10-6-8(12)5-9(7(10)2)11(14)15/h5-6H,4H2,1-3H3,(H,14,15). The number of carbonyl (C=O) groups is 1. The van der Waals surface area contributed by atoms with Crippen molar-refractivity contribution in [2.45, 2.75) is 18.7 Å². The highest BCUT2D eigenvalue weighted by Crippen LogP contribution is 2.26. The van der Waals surface area contributed by atoms with Crippen molar-refractivity contribution < 1.29 is 18.3 Å². The van der Waals surface area contributed by atoms with Gasteiger partial charge in [-0.2, -0.15) is 0 Å². The van der Waals surface area contributed by atoms with E-state index in [9.17, 15) is 13.2 Å². The summed E-state index contributed by atoms with van der Waals surface area (Å²) < 4.78 is 25.5. The molecular formula is C11H14ClNO4S. The zero-order valence-corrected chi connectivity index (χ0v) is 11.8. The van der Waals surface area contributed by atoms with E-state index in [-0.39, 0.29) is 27.6 Å². The van der Waals surface area contributed by atoms with Gasteiger partial charge >= 0.3 is 5.97 Å². The third-order valence-electron chi connectivity index (χ3n) is 2.69. The Morgan fingerprint density at radius 2 is 2.00 bits per heavy atom. The third kappa shape index (κ3) is 2.66. The monoisotopic (exact) mass is 291 g/mol. The van der Waals surface area contributed by atoms with Gasteiger partial charge < -0.3 is 5.11 Å². The summed E-state index contributed by atoms with van der Waals surface area (Å²) in [5.41, 5.74) is 0.0813. The summed E-state index contributed by atoms with van der Waals surface area (Å²) in [5.74, 6) is -1.20. The minimum absolute atomic E-state index is 0.0725. The number of hydrogen-bond donors (Lipinski definition) is 1. The number of aromatic carboxylic acids is 1. The van der Waals surface area contributed by atoms with Crippen molar-refractivity contribution in [1.29, 1.82) is 0 Å². The minimum atomic E-state index is -3.71. The van der Waals surface area contributed by atoms with Crippen LogP contribution in [0.15, 0.2) is 17.0 Å². The summed E-state index contributed by atoms with van der Waals surface area (Å²) in [6.45, 7) is 3.43. The SMILES string of the molecule is CCN(C)S(=O)(=O)c1cc(Cl)cc(C(=O)O)c1C. The summed E-state index contributed by atoms with van der Waals surface area (Å²) in [4.78, 5) is 11.0. The maximum absolute atomic E-state index is 12.2. The first kappa shape index (κ1) is 14.9. The van der Waals surface area contributed by atoms with Crippen LogP contribution in [0.3, 0.4) is 0 Å². The second-order valence-electron chi connectivity index (χ2n) is 3.80. The van der Waals surface area contributed by atoms with Crippen LogP contribution in [0.5, 0.6) is 0 Å². The van der Waals surface area contributed by atoms with Crippen LogP contribution < -0.4 is 0 Å². The van der Waals surface area contributed by atoms with E-state index < -0.39 is 16.0 Å². The first-order valence-electron chi connectivity index (χ1n) is 5.21. The van der Waals surface area contributed by atoms with Crippen LogP contribution >= 0.6 is 11.6 Å². The first-order valence-corrected chi connectivity index (χ1v) is 7.03. The Hall–Kier alpha value is -1.11. The zero-order chi connectivity index (χ0) is 14.1. The first-order chi connectivity index (χ1) is 8.21. The summed E-state index contributed by atoms with van der Waals surface area (Å²) >= 11 is 5.77. The second-order valence-corrected chi connectivity index (χ2v) is 6.25. The van der Waals surface area contributed by atoms with Crippen LogP contribution in [-0.4, -0.2) is 37.4 Å². The van der Waals surface area contributed by atoms with Crippen LogP contribution in [0.2, 0.25) is 5.02 Å². The van der Waals surface area contributed by atoms with Gasteiger partial charge in [-0.3, -0.25) is 0 Å². The van der Waals surface area contributed by atoms with E-state index >= 15 is 0 Å². The molecule has 0 amide bonds. The van der Waals surface area contributed by atoms with Gasteiger partial charge in [-0.15, -0.1) is 0 Å². The van der Waals surface area contributed by atoms with Crippen molar-refractivity contribution in [3.8, 4) is 0 Å². The normalized spacial score (nSPS) is 11.8. The molecule has 1 aromatic carbocycles. The van der Waals surface area contributed by atoms with Crippen LogP contribution in [0.4, 0.5) is 0 Å². The smallest absolute Gasteiger partial charge is 0.336 e. The molecule has 0 aromatic heterocycles. The van der Waals surface area contributed by atoms with Gasteiger partial charge in [0.05, 0.1) is 10.5 Å². The van der Waals surface area contributed by atoms with Gasteiger partial charge in [0.2, 0.25) is 10.0 Å². The molecule has 1 N–H and O–H groups in total. The minimum Gasteiger partial charge on any atom is -0.478 e. The molecule has 1 rings (SSSR count). The predicted octanol–water partition coefficient (Wildman–Crippen LogP) is 1.99. The largest absolute Gasteiger partial charge is 0.478 e. The molecule has 0 saturated carbocycles. The highest BCUT2D eigenvalue weighted by molar-refractivity contribution is 7.89. The van der Waals surface area contributed by atoms with Crippen molar-refractivity contribution in [3.63, 3.8) is 0 Å². The lowest BCUT2D eigenvalue weighted by molar-refractivity contribution is 0.0696. The van der Waals surface area contributed by atoms with Gasteiger partial charge in [-0.05, 0) is 24.6 Å². The quantitative estimate of drug-likeness (QED) is 0.920. The molecule has 0 aliphatic rings. The molecule has 5 nitrogen and oxygen atoms in total. The Morgan fingerprint density at radius 3 is 2.44 bits per heavy atom. The number of rotatable bonds is 4. The van der Waals surface area contributed by atoms with Crippen molar-refractivity contribution in [2.75, 3.05) is 13.6 Å². The molecule has 0 heterocycles. The highest BCUT2D eigenvalue weighted by atomic mass is 35.5. The lowest BCUT2D eigenvalue weighted by Gasteiger charge is -2.17. The Labute approximate surface area is 111 Å². The van der Waals surface area contributed by atoms with E-state index in [0.29, 0.717) is 0 Å². The molecule has 0 unspecified atom stereocenters. The van der Waals surface area contributed by atoms with E-state index in [1.165, 1.54) is 26.1 Å². The average Bonchev–Trinajstić information content (AvgIpc) is 2.29. The fourth-order valence-corrected chi connectivity index (χ4v) is 3.21. The average molecular weight is 292 g/mol. The van der Waals surface area contributed by atoms with Crippen molar-refractivity contribution in [3.05, 3.63) is 28.3 Å². The van der Waals surface area contributed by atoms with Gasteiger partial charge in [0.25, 0.3) is 0 Å². The lowest BCUT2D eigenvalue weighted by atomic mass is 10.1. The molecule has 0 radical (unpaired) electrons. The summed E-state index contributed by atoms with van der Waals surface area (Å²) in [6.07, 6.45) is 0. The molecule has 0 bridgehead atoms. The van der Waals surface area contributed by atoms with E-state index in [2.05, 4.69) is 0 Å². The molecule has 0 atom stereocenters. The van der Waals surface area contributed by atoms with Crippen LogP contribution in [-0.2, 0) is 10.0 Å². The number of benzene rings is 1. The Kier molecular flexibility index (Phi) is 4.37. The summed E-state index contributed by atoms with van der Waals surface area (Å²) in [5, 5.41) is 9.09. The van der Waals surface area contributed by atoms with Gasteiger partial charge in [-0.25, -0.2) is 17.5 Å². The number of nitrogens with zero attached hydrogens (tertiary/aromatic N) is 1. The van der Waals surface area contributed by atoms with Gasteiger partial charge in [0.1, 0.15) is 0 Å². The number of sulfonamides is 1. The number of halogens is 1. The number of carboxylic acid groups (broad SMARTS) is 1. The van der Waals surface area contributed by atoms with Crippen molar-refractivity contribution in [2.24, 2.45) is 0 Å². The van der Waals surface area contributed by atoms with E-state index in [0.717, 1.165) is 4.31 Å². The Balaban J connectivity index is 3.57. The molecule has 1 aromatic rings. The fraction of sp³-hybridized carbons (Fsp3) is 0.364. The Bertz CT molecular complexity index is 583. The molecule has 18 heavy (non-hydrogen) atoms. The van der Waals surface area contributed by atoms with Gasteiger partial charge in [0.15, 0.2) is 0 Å². The van der Waals surface area contributed by atoms with E-state index in [1.54, 1.807) is 6.92 Å². The van der Waals surface area contributed by atoms with Crippen molar-refractivity contribution >= 4 is 27.6 Å². The summed E-state index contributed by atoms with van der Waals surface area (Å²) in [7, 11) is -2.29. The predicted molar refractivity (Wildman–Crippen MR) is 68.6 cm³/mol. The van der Waals surface area contributed by atoms with Crippen LogP contribution in [0, 0.1) is 6.92 Å². The van der Waals surface area contributed by atoms with Crippen LogP contribution in [0.25, 0.3) is 0 Å². The molecule has 0 fully saturated rings. The topological polar surface area (TPSA) is 74.7 Å². The molecule has 0 saturated heterocycles. The maximum Gasteiger partial charge on any atom is 0.336 e. The fourth-order valence-electron chi connectivity index (χ4n) is 1.48. The van der Waals surface area contributed by atoms with Crippen LogP contribution in [0.1, 0.15) is 22.8 Å². The van der Waals surface area contributed by atoms with Crippen molar-refractivity contribution in [1.82, 2.24) is 4.31 Å². The zero-order valence-electron chi connectivity index (χ0n) is 10.3. The Morgan fingerprint density at radius 1 is 1.44 bits per heavy atom. The van der Waals surface area contributed by atoms with E-state index in [4.69, 9.17) is 16.7 Å². The van der Waals surface area contributed by atoms with Gasteiger partial charge in [0, 0.05) is 18.6 Å². The molecule has 0 aliphatic heterocycles. The van der Waals surface area contributed by atoms with E-state index in [1.807, 2.05) is 0 Å². The van der Waals surface area contributed by atoms with Gasteiger partial charge in [-0.1, -0.05) is 18.5 Å². The second kappa shape index (κ2) is 5.26. The molecule has 0 aliphatic carbocycles. The number of hydrogen-bond acceptors (Lipinski definition) is 3. The highest BCUT2D eigenvalue weighted by Gasteiger charge is 2.25.